The van der Waals surface area contributed by atoms with Crippen molar-refractivity contribution in [1.82, 2.24) is 10.3 Å². The number of nitrogens with zero attached hydrogens (tertiary/aromatic N) is 1. The van der Waals surface area contributed by atoms with Crippen molar-refractivity contribution < 1.29 is 14.3 Å². The Hall–Kier alpha value is -2.11. The van der Waals surface area contributed by atoms with Crippen molar-refractivity contribution in [2.24, 2.45) is 5.41 Å². The topological polar surface area (TPSA) is 80.3 Å². The molecule has 0 bridgehead atoms. The quantitative estimate of drug-likeness (QED) is 0.795. The van der Waals surface area contributed by atoms with E-state index < -0.39 is 5.41 Å². The molecule has 1 aromatic rings. The molecule has 19 heavy (non-hydrogen) atoms. The largest absolute Gasteiger partial charge is 0.494 e. The number of amides is 2. The molecule has 1 saturated heterocycles. The molecule has 0 spiro atoms. The summed E-state index contributed by atoms with van der Waals surface area (Å²) in [5, 5.41) is 5.44. The molecular weight excluding hydrogens is 246 g/mol. The molecule has 1 aromatic heterocycles. The molecule has 1 fully saturated rings. The summed E-state index contributed by atoms with van der Waals surface area (Å²) in [4.78, 5) is 28.1. The number of anilines is 1. The van der Waals surface area contributed by atoms with Crippen LogP contribution in [-0.4, -0.2) is 30.5 Å². The van der Waals surface area contributed by atoms with E-state index in [1.165, 1.54) is 13.3 Å². The Labute approximate surface area is 111 Å². The number of methoxy groups -OCH3 is 1. The average molecular weight is 263 g/mol. The molecule has 1 aliphatic rings. The Morgan fingerprint density at radius 3 is 3.05 bits per heavy atom. The second-order valence-electron chi connectivity index (χ2n) is 4.72. The van der Waals surface area contributed by atoms with Gasteiger partial charge in [-0.3, -0.25) is 14.6 Å². The van der Waals surface area contributed by atoms with E-state index in [9.17, 15) is 9.59 Å². The Bertz CT molecular complexity index is 504. The Balaban J connectivity index is 2.18. The van der Waals surface area contributed by atoms with E-state index in [0.717, 1.165) is 6.42 Å². The van der Waals surface area contributed by atoms with Crippen LogP contribution in [0.5, 0.6) is 5.75 Å². The van der Waals surface area contributed by atoms with Crippen molar-refractivity contribution >= 4 is 17.5 Å². The number of nitrogens with one attached hydrogen (secondary N) is 2. The van der Waals surface area contributed by atoms with Crippen molar-refractivity contribution in [3.8, 4) is 5.75 Å². The molecule has 0 saturated carbocycles. The van der Waals surface area contributed by atoms with Crippen LogP contribution in [0.4, 0.5) is 5.69 Å². The van der Waals surface area contributed by atoms with Gasteiger partial charge in [0, 0.05) is 18.8 Å². The summed E-state index contributed by atoms with van der Waals surface area (Å²) in [6.07, 6.45) is 4.40. The van der Waals surface area contributed by atoms with Gasteiger partial charge in [-0.2, -0.15) is 0 Å². The summed E-state index contributed by atoms with van der Waals surface area (Å²) in [5.41, 5.74) is -0.575. The number of rotatable bonds is 3. The average Bonchev–Trinajstić information content (AvgIpc) is 2.42. The lowest BCUT2D eigenvalue weighted by Gasteiger charge is -2.31. The molecule has 1 atom stereocenters. The van der Waals surface area contributed by atoms with Gasteiger partial charge in [0.15, 0.2) is 0 Å². The zero-order chi connectivity index (χ0) is 13.9. The van der Waals surface area contributed by atoms with E-state index in [2.05, 4.69) is 15.6 Å². The number of hydrogen-bond acceptors (Lipinski definition) is 4. The van der Waals surface area contributed by atoms with Crippen molar-refractivity contribution in [1.29, 1.82) is 0 Å². The number of piperidine rings is 1. The molecule has 2 heterocycles. The predicted octanol–water partition coefficient (Wildman–Crippen LogP) is 0.945. The van der Waals surface area contributed by atoms with Crippen molar-refractivity contribution in [2.75, 3.05) is 19.0 Å². The van der Waals surface area contributed by atoms with Gasteiger partial charge in [0.2, 0.25) is 11.8 Å². The van der Waals surface area contributed by atoms with Crippen LogP contribution in [0.1, 0.15) is 19.8 Å². The number of carbonyl (C=O) groups excluding carboxylic acids is 2. The Kier molecular flexibility index (Phi) is 3.69. The third-order valence-electron chi connectivity index (χ3n) is 3.39. The molecule has 1 unspecified atom stereocenters. The molecular formula is C13H17N3O3. The summed E-state index contributed by atoms with van der Waals surface area (Å²) in [7, 11) is 1.51. The zero-order valence-electron chi connectivity index (χ0n) is 11.0. The fraction of sp³-hybridized carbons (Fsp3) is 0.462. The maximum atomic E-state index is 12.3. The summed E-state index contributed by atoms with van der Waals surface area (Å²) in [5.74, 6) is -0.0572. The maximum absolute atomic E-state index is 12.3. The van der Waals surface area contributed by atoms with Gasteiger partial charge < -0.3 is 15.4 Å². The molecule has 0 aliphatic carbocycles. The van der Waals surface area contributed by atoms with Gasteiger partial charge in [0.25, 0.3) is 0 Å². The first-order valence-corrected chi connectivity index (χ1v) is 6.15. The van der Waals surface area contributed by atoms with Crippen molar-refractivity contribution in [2.45, 2.75) is 19.8 Å². The maximum Gasteiger partial charge on any atom is 0.239 e. The van der Waals surface area contributed by atoms with Crippen LogP contribution in [0.25, 0.3) is 0 Å². The molecule has 0 radical (unpaired) electrons. The summed E-state index contributed by atoms with van der Waals surface area (Å²) < 4.78 is 5.14. The van der Waals surface area contributed by atoms with Gasteiger partial charge in [0.05, 0.1) is 13.3 Å². The highest BCUT2D eigenvalue weighted by Crippen LogP contribution is 2.30. The lowest BCUT2D eigenvalue weighted by molar-refractivity contribution is -0.141. The normalized spacial score (nSPS) is 22.5. The number of pyridine rings is 1. The number of carbonyl (C=O) groups is 2. The highest BCUT2D eigenvalue weighted by atomic mass is 16.5. The minimum Gasteiger partial charge on any atom is -0.494 e. The molecule has 2 rings (SSSR count). The first-order chi connectivity index (χ1) is 9.08. The van der Waals surface area contributed by atoms with Crippen LogP contribution in [-0.2, 0) is 9.59 Å². The first kappa shape index (κ1) is 13.3. The van der Waals surface area contributed by atoms with E-state index in [0.29, 0.717) is 24.4 Å². The SMILES string of the molecule is COc1ccncc1NC(=O)C1(C)CCCNC1=O. The predicted molar refractivity (Wildman–Crippen MR) is 69.8 cm³/mol. The lowest BCUT2D eigenvalue weighted by Crippen LogP contribution is -2.50. The second-order valence-corrected chi connectivity index (χ2v) is 4.72. The highest BCUT2D eigenvalue weighted by Gasteiger charge is 2.42. The Morgan fingerprint density at radius 1 is 1.58 bits per heavy atom. The van der Waals surface area contributed by atoms with E-state index in [1.54, 1.807) is 19.2 Å². The summed E-state index contributed by atoms with van der Waals surface area (Å²) in [6, 6.07) is 1.65. The van der Waals surface area contributed by atoms with E-state index >= 15 is 0 Å². The highest BCUT2D eigenvalue weighted by molar-refractivity contribution is 6.10. The van der Waals surface area contributed by atoms with Gasteiger partial charge in [-0.05, 0) is 19.8 Å². The van der Waals surface area contributed by atoms with E-state index in [-0.39, 0.29) is 11.8 Å². The van der Waals surface area contributed by atoms with Crippen LogP contribution in [0.3, 0.4) is 0 Å². The molecule has 102 valence electrons. The molecule has 0 aromatic carbocycles. The third-order valence-corrected chi connectivity index (χ3v) is 3.39. The van der Waals surface area contributed by atoms with Gasteiger partial charge in [-0.1, -0.05) is 0 Å². The number of aromatic nitrogens is 1. The summed E-state index contributed by atoms with van der Waals surface area (Å²) in [6.45, 7) is 2.28. The van der Waals surface area contributed by atoms with Crippen LogP contribution >= 0.6 is 0 Å². The van der Waals surface area contributed by atoms with Crippen LogP contribution in [0.2, 0.25) is 0 Å². The molecule has 1 aliphatic heterocycles. The van der Waals surface area contributed by atoms with E-state index in [4.69, 9.17) is 4.74 Å². The van der Waals surface area contributed by atoms with Crippen molar-refractivity contribution in [3.63, 3.8) is 0 Å². The fourth-order valence-corrected chi connectivity index (χ4v) is 2.08. The Morgan fingerprint density at radius 2 is 2.37 bits per heavy atom. The van der Waals surface area contributed by atoms with E-state index in [1.807, 2.05) is 0 Å². The summed E-state index contributed by atoms with van der Waals surface area (Å²) >= 11 is 0. The fourth-order valence-electron chi connectivity index (χ4n) is 2.08. The monoisotopic (exact) mass is 263 g/mol. The first-order valence-electron chi connectivity index (χ1n) is 6.15. The van der Waals surface area contributed by atoms with Crippen LogP contribution in [0, 0.1) is 5.41 Å². The molecule has 2 N–H and O–H groups in total. The molecule has 6 heteroatoms. The lowest BCUT2D eigenvalue weighted by atomic mass is 9.81. The third kappa shape index (κ3) is 2.52. The smallest absolute Gasteiger partial charge is 0.239 e. The van der Waals surface area contributed by atoms with Gasteiger partial charge in [-0.25, -0.2) is 0 Å². The van der Waals surface area contributed by atoms with Crippen LogP contribution in [0.15, 0.2) is 18.5 Å². The minimum absolute atomic E-state index is 0.237. The second kappa shape index (κ2) is 5.26. The van der Waals surface area contributed by atoms with Crippen LogP contribution < -0.4 is 15.4 Å². The van der Waals surface area contributed by atoms with Gasteiger partial charge in [-0.15, -0.1) is 0 Å². The molecule has 6 nitrogen and oxygen atoms in total. The molecule has 2 amide bonds. The van der Waals surface area contributed by atoms with Crippen molar-refractivity contribution in [3.05, 3.63) is 18.5 Å². The number of hydrogen-bond donors (Lipinski definition) is 2. The van der Waals surface area contributed by atoms with Gasteiger partial charge in [0.1, 0.15) is 16.9 Å². The zero-order valence-corrected chi connectivity index (χ0v) is 11.0. The standard InChI is InChI=1S/C13H17N3O3/c1-13(5-3-6-15-11(13)17)12(18)16-9-8-14-7-4-10(9)19-2/h4,7-8H,3,5-6H2,1-2H3,(H,15,17)(H,16,18). The van der Waals surface area contributed by atoms with Gasteiger partial charge >= 0.3 is 0 Å². The number of ether oxygens (including phenoxy) is 1. The minimum atomic E-state index is -1.04.